The minimum Gasteiger partial charge on any atom is -0.496 e. The Kier molecular flexibility index (Phi) is 5.03. The molecule has 1 amide bonds. The molecule has 0 radical (unpaired) electrons. The first-order chi connectivity index (χ1) is 10.1. The molecule has 0 spiro atoms. The number of benzene rings is 1. The lowest BCUT2D eigenvalue weighted by atomic mass is 10.1. The van der Waals surface area contributed by atoms with Gasteiger partial charge in [-0.25, -0.2) is 0 Å². The van der Waals surface area contributed by atoms with E-state index in [0.29, 0.717) is 29.3 Å². The minimum atomic E-state index is -0.180. The van der Waals surface area contributed by atoms with Gasteiger partial charge in [0.1, 0.15) is 10.6 Å². The Morgan fingerprint density at radius 3 is 2.95 bits per heavy atom. The van der Waals surface area contributed by atoms with Crippen molar-refractivity contribution in [2.24, 2.45) is 5.92 Å². The number of fused-ring (bicyclic) bond motifs is 1. The van der Waals surface area contributed by atoms with Crippen LogP contribution in [0.4, 0.5) is 5.69 Å². The Morgan fingerprint density at radius 2 is 2.29 bits per heavy atom. The van der Waals surface area contributed by atoms with Crippen molar-refractivity contribution in [3.05, 3.63) is 23.1 Å². The van der Waals surface area contributed by atoms with E-state index in [4.69, 9.17) is 15.6 Å². The molecular weight excluding hydrogens is 288 g/mol. The first-order valence-corrected chi connectivity index (χ1v) is 7.64. The molecule has 1 atom stereocenters. The molecule has 21 heavy (non-hydrogen) atoms. The van der Waals surface area contributed by atoms with E-state index in [2.05, 4.69) is 5.32 Å². The van der Waals surface area contributed by atoms with Gasteiger partial charge in [0.05, 0.1) is 18.2 Å². The zero-order valence-electron chi connectivity index (χ0n) is 12.2. The van der Waals surface area contributed by atoms with Crippen LogP contribution in [0.2, 0.25) is 0 Å². The summed E-state index contributed by atoms with van der Waals surface area (Å²) in [4.78, 5) is 12.8. The van der Waals surface area contributed by atoms with Crippen LogP contribution in [-0.4, -0.2) is 31.3 Å². The van der Waals surface area contributed by atoms with E-state index in [9.17, 15) is 4.79 Å². The number of hydrogen-bond donors (Lipinski definition) is 3. The lowest BCUT2D eigenvalue weighted by Gasteiger charge is -2.10. The van der Waals surface area contributed by atoms with Gasteiger partial charge >= 0.3 is 0 Å². The van der Waals surface area contributed by atoms with Gasteiger partial charge < -0.3 is 20.9 Å². The number of carbonyl (C=O) groups excluding carboxylic acids is 1. The lowest BCUT2D eigenvalue weighted by Crippen LogP contribution is -2.28. The van der Waals surface area contributed by atoms with Crippen molar-refractivity contribution in [2.75, 3.05) is 26.0 Å². The van der Waals surface area contributed by atoms with Crippen molar-refractivity contribution in [2.45, 2.75) is 13.3 Å². The Bertz CT molecular complexity index is 639. The van der Waals surface area contributed by atoms with Gasteiger partial charge in [-0.2, -0.15) is 0 Å². The van der Waals surface area contributed by atoms with Crippen molar-refractivity contribution in [3.63, 3.8) is 0 Å². The SMILES string of the molecule is COc1cccc2sc(C(=O)NCC(C)CCO)c(N)c12. The van der Waals surface area contributed by atoms with Gasteiger partial charge in [0.25, 0.3) is 5.91 Å². The van der Waals surface area contributed by atoms with Crippen LogP contribution >= 0.6 is 11.3 Å². The molecule has 1 heterocycles. The Morgan fingerprint density at radius 1 is 1.52 bits per heavy atom. The van der Waals surface area contributed by atoms with Crippen LogP contribution < -0.4 is 15.8 Å². The number of anilines is 1. The standard InChI is InChI=1S/C15H20N2O3S/c1-9(6-7-18)8-17-15(19)14-13(16)12-10(20-2)4-3-5-11(12)21-14/h3-5,9,18H,6-8,16H2,1-2H3,(H,17,19). The number of thiophene rings is 1. The average molecular weight is 308 g/mol. The number of nitrogens with one attached hydrogen (secondary N) is 1. The number of aliphatic hydroxyl groups is 1. The normalized spacial score (nSPS) is 12.3. The molecule has 1 unspecified atom stereocenters. The summed E-state index contributed by atoms with van der Waals surface area (Å²) in [5.41, 5.74) is 6.57. The molecule has 6 heteroatoms. The van der Waals surface area contributed by atoms with Gasteiger partial charge in [-0.15, -0.1) is 11.3 Å². The third kappa shape index (κ3) is 3.28. The smallest absolute Gasteiger partial charge is 0.263 e. The van der Waals surface area contributed by atoms with Crippen molar-refractivity contribution < 1.29 is 14.6 Å². The van der Waals surface area contributed by atoms with E-state index in [0.717, 1.165) is 10.1 Å². The number of carbonyl (C=O) groups is 1. The lowest BCUT2D eigenvalue weighted by molar-refractivity contribution is 0.0950. The van der Waals surface area contributed by atoms with E-state index in [1.165, 1.54) is 11.3 Å². The molecule has 0 aliphatic carbocycles. The highest BCUT2D eigenvalue weighted by Crippen LogP contribution is 2.39. The highest BCUT2D eigenvalue weighted by Gasteiger charge is 2.19. The van der Waals surface area contributed by atoms with E-state index in [-0.39, 0.29) is 18.4 Å². The summed E-state index contributed by atoms with van der Waals surface area (Å²) in [5, 5.41) is 12.5. The largest absolute Gasteiger partial charge is 0.496 e. The third-order valence-corrected chi connectivity index (χ3v) is 4.54. The maximum absolute atomic E-state index is 12.3. The number of amides is 1. The molecule has 1 aromatic carbocycles. The van der Waals surface area contributed by atoms with E-state index >= 15 is 0 Å². The van der Waals surface area contributed by atoms with Gasteiger partial charge in [-0.1, -0.05) is 13.0 Å². The first kappa shape index (κ1) is 15.6. The van der Waals surface area contributed by atoms with Crippen LogP contribution in [0.5, 0.6) is 5.75 Å². The fraction of sp³-hybridized carbons (Fsp3) is 0.400. The first-order valence-electron chi connectivity index (χ1n) is 6.82. The summed E-state index contributed by atoms with van der Waals surface area (Å²) in [5.74, 6) is 0.721. The van der Waals surface area contributed by atoms with E-state index in [1.54, 1.807) is 7.11 Å². The predicted octanol–water partition coefficient (Wildman–Crippen LogP) is 2.24. The monoisotopic (exact) mass is 308 g/mol. The van der Waals surface area contributed by atoms with E-state index in [1.807, 2.05) is 25.1 Å². The fourth-order valence-corrected chi connectivity index (χ4v) is 3.20. The molecule has 0 aliphatic heterocycles. The summed E-state index contributed by atoms with van der Waals surface area (Å²) < 4.78 is 6.23. The van der Waals surface area contributed by atoms with Crippen LogP contribution in [0.1, 0.15) is 23.0 Å². The molecule has 0 fully saturated rings. The maximum atomic E-state index is 12.3. The molecule has 0 bridgehead atoms. The second-order valence-electron chi connectivity index (χ2n) is 5.01. The van der Waals surface area contributed by atoms with Gasteiger partial charge in [-0.05, 0) is 24.5 Å². The Hall–Kier alpha value is -1.79. The van der Waals surface area contributed by atoms with Crippen LogP contribution in [0.3, 0.4) is 0 Å². The minimum absolute atomic E-state index is 0.124. The maximum Gasteiger partial charge on any atom is 0.263 e. The summed E-state index contributed by atoms with van der Waals surface area (Å²) in [6, 6.07) is 5.63. The second kappa shape index (κ2) is 6.78. The molecule has 0 aliphatic rings. The zero-order chi connectivity index (χ0) is 15.4. The number of hydrogen-bond acceptors (Lipinski definition) is 5. The number of rotatable bonds is 6. The van der Waals surface area contributed by atoms with Crippen molar-refractivity contribution in [3.8, 4) is 5.75 Å². The van der Waals surface area contributed by atoms with E-state index < -0.39 is 0 Å². The summed E-state index contributed by atoms with van der Waals surface area (Å²) in [7, 11) is 1.59. The van der Waals surface area contributed by atoms with Crippen molar-refractivity contribution >= 4 is 33.0 Å². The number of methoxy groups -OCH3 is 1. The molecule has 0 saturated carbocycles. The molecule has 2 rings (SSSR count). The van der Waals surface area contributed by atoms with Gasteiger partial charge in [0.15, 0.2) is 0 Å². The van der Waals surface area contributed by atoms with Crippen LogP contribution in [-0.2, 0) is 0 Å². The molecule has 5 nitrogen and oxygen atoms in total. The van der Waals surface area contributed by atoms with Crippen LogP contribution in [0.15, 0.2) is 18.2 Å². The summed E-state index contributed by atoms with van der Waals surface area (Å²) in [6.07, 6.45) is 0.663. The van der Waals surface area contributed by atoms with Crippen molar-refractivity contribution in [1.29, 1.82) is 0 Å². The summed E-state index contributed by atoms with van der Waals surface area (Å²) >= 11 is 1.36. The van der Waals surface area contributed by atoms with Crippen molar-refractivity contribution in [1.82, 2.24) is 5.32 Å². The third-order valence-electron chi connectivity index (χ3n) is 3.37. The highest BCUT2D eigenvalue weighted by atomic mass is 32.1. The van der Waals surface area contributed by atoms with Crippen LogP contribution in [0.25, 0.3) is 10.1 Å². The Balaban J connectivity index is 2.22. The van der Waals surface area contributed by atoms with Gasteiger partial charge in [0.2, 0.25) is 0 Å². The summed E-state index contributed by atoms with van der Waals surface area (Å²) in [6.45, 7) is 2.62. The molecule has 4 N–H and O–H groups in total. The average Bonchev–Trinajstić information content (AvgIpc) is 2.82. The fourth-order valence-electron chi connectivity index (χ4n) is 2.15. The quantitative estimate of drug-likeness (QED) is 0.764. The predicted molar refractivity (Wildman–Crippen MR) is 86.0 cm³/mol. The second-order valence-corrected chi connectivity index (χ2v) is 6.06. The zero-order valence-corrected chi connectivity index (χ0v) is 13.0. The molecule has 114 valence electrons. The number of aliphatic hydroxyl groups excluding tert-OH is 1. The molecule has 0 saturated heterocycles. The number of ether oxygens (including phenoxy) is 1. The van der Waals surface area contributed by atoms with Crippen LogP contribution in [0, 0.1) is 5.92 Å². The molecule has 2 aromatic rings. The van der Waals surface area contributed by atoms with Gasteiger partial charge in [0, 0.05) is 17.9 Å². The van der Waals surface area contributed by atoms with Gasteiger partial charge in [-0.3, -0.25) is 4.79 Å². The Labute approximate surface area is 127 Å². The molecule has 1 aromatic heterocycles. The highest BCUT2D eigenvalue weighted by molar-refractivity contribution is 7.21. The number of nitrogen functional groups attached to an aromatic ring is 1. The number of nitrogens with two attached hydrogens (primary N) is 1. The molecular formula is C15H20N2O3S. The topological polar surface area (TPSA) is 84.6 Å².